The van der Waals surface area contributed by atoms with Crippen molar-refractivity contribution in [3.05, 3.63) is 65.7 Å². The Bertz CT molecular complexity index is 1130. The van der Waals surface area contributed by atoms with E-state index in [-0.39, 0.29) is 16.0 Å². The average Bonchev–Trinajstić information content (AvgIpc) is 3.56. The van der Waals surface area contributed by atoms with Gasteiger partial charge in [-0.15, -0.1) is 0 Å². The quantitative estimate of drug-likeness (QED) is 0.343. The molecular formula is C27H39NO6SSi. The molecule has 2 saturated heterocycles. The summed E-state index contributed by atoms with van der Waals surface area (Å²) in [5.41, 5.74) is 2.04. The van der Waals surface area contributed by atoms with Crippen molar-refractivity contribution in [3.8, 4) is 0 Å². The zero-order valence-electron chi connectivity index (χ0n) is 22.3. The fourth-order valence-electron chi connectivity index (χ4n) is 4.27. The van der Waals surface area contributed by atoms with E-state index in [1.165, 1.54) is 4.31 Å². The highest BCUT2D eigenvalue weighted by Crippen LogP contribution is 2.43. The van der Waals surface area contributed by atoms with Crippen molar-refractivity contribution in [2.75, 3.05) is 13.7 Å². The molecule has 2 aliphatic rings. The van der Waals surface area contributed by atoms with E-state index in [1.54, 1.807) is 19.2 Å². The minimum Gasteiger partial charge on any atom is -0.406 e. The lowest BCUT2D eigenvalue weighted by molar-refractivity contribution is -0.146. The van der Waals surface area contributed by atoms with Gasteiger partial charge in [-0.1, -0.05) is 68.8 Å². The van der Waals surface area contributed by atoms with Gasteiger partial charge in [-0.2, -0.15) is 4.31 Å². The molecule has 36 heavy (non-hydrogen) atoms. The summed E-state index contributed by atoms with van der Waals surface area (Å²) in [6.07, 6.45) is -2.09. The number of ether oxygens (including phenoxy) is 3. The lowest BCUT2D eigenvalue weighted by Gasteiger charge is -2.40. The van der Waals surface area contributed by atoms with E-state index in [1.807, 2.05) is 49.4 Å². The number of hydrogen-bond donors (Lipinski definition) is 0. The summed E-state index contributed by atoms with van der Waals surface area (Å²) < 4.78 is 53.4. The van der Waals surface area contributed by atoms with E-state index >= 15 is 0 Å². The van der Waals surface area contributed by atoms with Crippen LogP contribution in [0.25, 0.3) is 0 Å². The summed E-state index contributed by atoms with van der Waals surface area (Å²) in [6.45, 7) is 13.6. The Morgan fingerprint density at radius 2 is 1.67 bits per heavy atom. The summed E-state index contributed by atoms with van der Waals surface area (Å²) in [5.74, 6) is 0. The van der Waals surface area contributed by atoms with Gasteiger partial charge in [0.05, 0.1) is 17.5 Å². The second-order valence-corrected chi connectivity index (χ2v) is 17.9. The first-order valence-corrected chi connectivity index (χ1v) is 16.8. The average molecular weight is 534 g/mol. The molecule has 2 aromatic carbocycles. The predicted molar refractivity (Wildman–Crippen MR) is 142 cm³/mol. The van der Waals surface area contributed by atoms with Gasteiger partial charge in [-0.05, 0) is 42.8 Å². The number of nitrogens with zero attached hydrogens (tertiary/aromatic N) is 1. The van der Waals surface area contributed by atoms with Crippen LogP contribution in [0.15, 0.2) is 59.5 Å². The summed E-state index contributed by atoms with van der Waals surface area (Å²) in [6, 6.07) is 16.5. The second-order valence-electron chi connectivity index (χ2n) is 11.3. The minimum absolute atomic E-state index is 0.0201. The summed E-state index contributed by atoms with van der Waals surface area (Å²) in [7, 11) is -4.25. The topological polar surface area (TPSA) is 74.1 Å². The van der Waals surface area contributed by atoms with Gasteiger partial charge in [-0.25, -0.2) is 8.42 Å². The molecule has 0 bridgehead atoms. The molecule has 7 nitrogen and oxygen atoms in total. The smallest absolute Gasteiger partial charge is 0.243 e. The van der Waals surface area contributed by atoms with Crippen LogP contribution in [0.2, 0.25) is 18.1 Å². The molecule has 0 aromatic heterocycles. The van der Waals surface area contributed by atoms with Crippen LogP contribution in [-0.2, 0) is 35.3 Å². The number of methoxy groups -OCH3 is 1. The number of hydrogen-bond acceptors (Lipinski definition) is 6. The number of rotatable bonds is 9. The van der Waals surface area contributed by atoms with E-state index in [9.17, 15) is 8.42 Å². The normalized spacial score (nSPS) is 28.9. The van der Waals surface area contributed by atoms with Gasteiger partial charge in [0.25, 0.3) is 0 Å². The first kappa shape index (κ1) is 27.4. The summed E-state index contributed by atoms with van der Waals surface area (Å²) in [4.78, 5) is 0.285. The maximum Gasteiger partial charge on any atom is 0.243 e. The summed E-state index contributed by atoms with van der Waals surface area (Å²) in [5, 5.41) is -0.0201. The Morgan fingerprint density at radius 1 is 1.03 bits per heavy atom. The minimum atomic E-state index is -3.63. The molecule has 0 aliphatic carbocycles. The Labute approximate surface area is 216 Å². The maximum absolute atomic E-state index is 13.3. The molecule has 0 saturated carbocycles. The summed E-state index contributed by atoms with van der Waals surface area (Å²) >= 11 is 0. The SMILES string of the molecule is CO[C@H]1O[C@H]([C@H]2CN2S(=O)(=O)c2ccc(C)cc2)[C@H](OCc2ccccc2)[C@H]1O[Si](C)(C)C(C)(C)C. The molecule has 0 amide bonds. The largest absolute Gasteiger partial charge is 0.406 e. The van der Waals surface area contributed by atoms with Crippen molar-refractivity contribution in [3.63, 3.8) is 0 Å². The Kier molecular flexibility index (Phi) is 7.84. The molecule has 2 aromatic rings. The standard InChI is InChI=1S/C27H39NO6SSi/c1-19-13-15-21(16-14-19)35(29,30)28-17-22(28)23-24(32-18-20-11-9-8-10-12-20)25(26(31-5)33-23)34-36(6,7)27(2,3)4/h8-16,22-26H,17-18H2,1-7H3/t22-,23-,24+,25-,26+,28?/m1/s1. The zero-order chi connectivity index (χ0) is 26.3. The van der Waals surface area contributed by atoms with Crippen LogP contribution < -0.4 is 0 Å². The van der Waals surface area contributed by atoms with Gasteiger partial charge in [0.1, 0.15) is 18.3 Å². The Morgan fingerprint density at radius 3 is 2.25 bits per heavy atom. The molecule has 0 spiro atoms. The van der Waals surface area contributed by atoms with E-state index in [0.29, 0.717) is 13.2 Å². The third-order valence-corrected chi connectivity index (χ3v) is 14.0. The van der Waals surface area contributed by atoms with E-state index in [4.69, 9.17) is 18.6 Å². The van der Waals surface area contributed by atoms with Crippen LogP contribution in [-0.4, -0.2) is 65.3 Å². The van der Waals surface area contributed by atoms with Crippen molar-refractivity contribution in [2.24, 2.45) is 0 Å². The number of aryl methyl sites for hydroxylation is 1. The molecule has 198 valence electrons. The molecule has 9 heteroatoms. The first-order valence-electron chi connectivity index (χ1n) is 12.5. The molecule has 2 fully saturated rings. The Balaban J connectivity index is 1.60. The van der Waals surface area contributed by atoms with Gasteiger partial charge >= 0.3 is 0 Å². The highest BCUT2D eigenvalue weighted by Gasteiger charge is 2.60. The predicted octanol–water partition coefficient (Wildman–Crippen LogP) is 4.72. The molecule has 0 radical (unpaired) electrons. The van der Waals surface area contributed by atoms with E-state index < -0.39 is 42.9 Å². The molecule has 2 heterocycles. The highest BCUT2D eigenvalue weighted by molar-refractivity contribution is 7.89. The van der Waals surface area contributed by atoms with E-state index in [0.717, 1.165) is 11.1 Å². The third kappa shape index (κ3) is 5.62. The third-order valence-electron chi connectivity index (χ3n) is 7.57. The Hall–Kier alpha value is -1.59. The van der Waals surface area contributed by atoms with Gasteiger partial charge in [0, 0.05) is 13.7 Å². The zero-order valence-corrected chi connectivity index (χ0v) is 24.1. The highest BCUT2D eigenvalue weighted by atomic mass is 32.2. The molecular weight excluding hydrogens is 494 g/mol. The monoisotopic (exact) mass is 533 g/mol. The fraction of sp³-hybridized carbons (Fsp3) is 0.556. The van der Waals surface area contributed by atoms with Gasteiger partial charge < -0.3 is 18.6 Å². The van der Waals surface area contributed by atoms with Crippen LogP contribution in [0.4, 0.5) is 0 Å². The molecule has 0 N–H and O–H groups in total. The maximum atomic E-state index is 13.3. The van der Waals surface area contributed by atoms with Crippen molar-refractivity contribution >= 4 is 18.3 Å². The van der Waals surface area contributed by atoms with Crippen molar-refractivity contribution < 1.29 is 27.1 Å². The molecule has 4 rings (SSSR count). The van der Waals surface area contributed by atoms with Crippen molar-refractivity contribution in [1.29, 1.82) is 0 Å². The lowest BCUT2D eigenvalue weighted by Crippen LogP contribution is -2.50. The second kappa shape index (κ2) is 10.3. The van der Waals surface area contributed by atoms with Crippen LogP contribution in [0.3, 0.4) is 0 Å². The van der Waals surface area contributed by atoms with Crippen molar-refractivity contribution in [1.82, 2.24) is 4.31 Å². The molecule has 6 atom stereocenters. The van der Waals surface area contributed by atoms with Gasteiger partial charge in [0.2, 0.25) is 10.0 Å². The van der Waals surface area contributed by atoms with Gasteiger partial charge in [0.15, 0.2) is 14.6 Å². The van der Waals surface area contributed by atoms with Crippen LogP contribution in [0, 0.1) is 6.92 Å². The van der Waals surface area contributed by atoms with Gasteiger partial charge in [-0.3, -0.25) is 0 Å². The van der Waals surface area contributed by atoms with Crippen LogP contribution in [0.5, 0.6) is 0 Å². The fourth-order valence-corrected chi connectivity index (χ4v) is 7.13. The lowest BCUT2D eigenvalue weighted by atomic mass is 10.1. The first-order chi connectivity index (χ1) is 16.8. The number of benzene rings is 2. The van der Waals surface area contributed by atoms with E-state index in [2.05, 4.69) is 33.9 Å². The molecule has 1 unspecified atom stereocenters. The van der Waals surface area contributed by atoms with Crippen molar-refractivity contribution in [2.45, 2.75) is 88.0 Å². The van der Waals surface area contributed by atoms with Crippen LogP contribution >= 0.6 is 0 Å². The molecule has 2 aliphatic heterocycles. The number of sulfonamides is 1. The van der Waals surface area contributed by atoms with Crippen LogP contribution in [0.1, 0.15) is 31.9 Å².